The molecule has 0 amide bonds. The van der Waals surface area contributed by atoms with Gasteiger partial charge in [-0.2, -0.15) is 6.08 Å². The van der Waals surface area contributed by atoms with Crippen LogP contribution in [-0.2, 0) is 17.2 Å². The summed E-state index contributed by atoms with van der Waals surface area (Å²) in [4.78, 5) is 0. The van der Waals surface area contributed by atoms with Crippen LogP contribution in [-0.4, -0.2) is 17.0 Å². The van der Waals surface area contributed by atoms with Gasteiger partial charge in [0.1, 0.15) is 0 Å². The van der Waals surface area contributed by atoms with Gasteiger partial charge in [-0.3, -0.25) is 0 Å². The second-order valence-corrected chi connectivity index (χ2v) is 12.4. The van der Waals surface area contributed by atoms with Crippen molar-refractivity contribution in [2.24, 2.45) is 0 Å². The van der Waals surface area contributed by atoms with Gasteiger partial charge in [0.05, 0.1) is 17.0 Å². The van der Waals surface area contributed by atoms with Gasteiger partial charge in [0, 0.05) is 0 Å². The van der Waals surface area contributed by atoms with Gasteiger partial charge in [-0.15, -0.1) is 0 Å². The van der Waals surface area contributed by atoms with Gasteiger partial charge in [0.15, 0.2) is 0 Å². The fourth-order valence-corrected chi connectivity index (χ4v) is 12.7. The van der Waals surface area contributed by atoms with E-state index < -0.39 is 7.26 Å². The molecule has 0 nitrogen and oxygen atoms in total. The Morgan fingerprint density at radius 2 is 0.917 bits per heavy atom. The van der Waals surface area contributed by atoms with E-state index in [1.807, 2.05) is 0 Å². The average Bonchev–Trinajstić information content (AvgIpc) is 2.70. The minimum absolute atomic E-state index is 0.965. The van der Waals surface area contributed by atoms with Crippen LogP contribution in [0.3, 0.4) is 0 Å². The molecule has 142 valence electrons. The number of allylic oxidation sites excluding steroid dienone is 1. The molecule has 0 radical (unpaired) electrons. The summed E-state index contributed by atoms with van der Waals surface area (Å²) in [6.45, 7) is 4.20. The molecule has 0 aromatic heterocycles. The van der Waals surface area contributed by atoms with Crippen molar-refractivity contribution in [1.29, 1.82) is 0 Å². The van der Waals surface area contributed by atoms with Crippen molar-refractivity contribution < 1.29 is 17.2 Å². The molecule has 0 heterocycles. The van der Waals surface area contributed by atoms with E-state index in [1.165, 1.54) is 57.8 Å². The van der Waals surface area contributed by atoms with Crippen LogP contribution in [0.1, 0.15) is 96.3 Å². The first kappa shape index (κ1) is 21.5. The number of rotatable bonds is 4. The predicted molar refractivity (Wildman–Crippen MR) is 111 cm³/mol. The number of hydrogen-bond donors (Lipinski definition) is 0. The van der Waals surface area contributed by atoms with Crippen molar-refractivity contribution >= 4 is 20.7 Å². The SMILES string of the molecule is [Br][Pd+].[CH2-]C=C[P+](C1CCCCC1)(C1CCCCC1)C1CCCCC1. The third-order valence-electron chi connectivity index (χ3n) is 6.99. The van der Waals surface area contributed by atoms with Crippen LogP contribution in [0, 0.1) is 6.92 Å². The average molecular weight is 507 g/mol. The fourth-order valence-electron chi connectivity index (χ4n) is 6.03. The molecule has 24 heavy (non-hydrogen) atoms. The van der Waals surface area contributed by atoms with E-state index >= 15 is 0 Å². The molecule has 3 rings (SSSR count). The molecular weight excluding hydrogens is 470 g/mol. The summed E-state index contributed by atoms with van der Waals surface area (Å²) in [6, 6.07) is 0. The van der Waals surface area contributed by atoms with Crippen LogP contribution >= 0.6 is 20.7 Å². The van der Waals surface area contributed by atoms with E-state index in [4.69, 9.17) is 0 Å². The van der Waals surface area contributed by atoms with Crippen LogP contribution in [0.4, 0.5) is 0 Å². The Bertz CT molecular complexity index is 307. The van der Waals surface area contributed by atoms with Gasteiger partial charge in [0.25, 0.3) is 0 Å². The number of hydrogen-bond acceptors (Lipinski definition) is 0. The first-order valence-electron chi connectivity index (χ1n) is 10.3. The summed E-state index contributed by atoms with van der Waals surface area (Å²) in [5, 5.41) is 0. The van der Waals surface area contributed by atoms with Gasteiger partial charge < -0.3 is 0 Å². The van der Waals surface area contributed by atoms with E-state index in [1.54, 1.807) is 38.5 Å². The Kier molecular flexibility index (Phi) is 10.6. The van der Waals surface area contributed by atoms with Crippen LogP contribution < -0.4 is 0 Å². The Morgan fingerprint density at radius 1 is 0.625 bits per heavy atom. The molecular formula is C21H37BrPPd+. The molecule has 0 N–H and O–H groups in total. The van der Waals surface area contributed by atoms with Gasteiger partial charge >= 0.3 is 30.6 Å². The first-order chi connectivity index (χ1) is 11.9. The molecule has 3 aliphatic rings. The third-order valence-corrected chi connectivity index (χ3v) is 13.1. The maximum atomic E-state index is 4.20. The summed E-state index contributed by atoms with van der Waals surface area (Å²) in [5.41, 5.74) is 3.22. The van der Waals surface area contributed by atoms with Crippen molar-refractivity contribution in [1.82, 2.24) is 0 Å². The fraction of sp³-hybridized carbons (Fsp3) is 0.857. The standard InChI is InChI=1S/C21H37P.BrH.Pd/c1-2-18-22(19-12-6-3-7-13-19,20-14-8-4-9-15-20)21-16-10-5-11-17-21;;/h2,18-21H,1,3-17H2;1H;/q;;+2/p-1. The summed E-state index contributed by atoms with van der Waals surface area (Å²) in [6.07, 6.45) is 25.1. The Balaban J connectivity index is 0.00000100. The molecule has 3 saturated carbocycles. The summed E-state index contributed by atoms with van der Waals surface area (Å²) < 4.78 is 0. The van der Waals surface area contributed by atoms with E-state index in [9.17, 15) is 0 Å². The summed E-state index contributed by atoms with van der Waals surface area (Å²) >= 11 is 5.35. The molecule has 0 unspecified atom stereocenters. The van der Waals surface area contributed by atoms with Crippen LogP contribution in [0.15, 0.2) is 11.9 Å². The smallest absolute Gasteiger partial charge is 0.0598 e. The molecule has 0 aliphatic heterocycles. The first-order valence-corrected chi connectivity index (χ1v) is 16.0. The Labute approximate surface area is 169 Å². The maximum Gasteiger partial charge on any atom is 0.0598 e. The topological polar surface area (TPSA) is 0 Å². The van der Waals surface area contributed by atoms with Crippen molar-refractivity contribution in [2.45, 2.75) is 113 Å². The second-order valence-electron chi connectivity index (χ2n) is 8.15. The van der Waals surface area contributed by atoms with Gasteiger partial charge in [-0.05, 0) is 84.3 Å². The number of halogens is 1. The molecule has 3 aliphatic carbocycles. The Morgan fingerprint density at radius 3 is 1.17 bits per heavy atom. The van der Waals surface area contributed by atoms with Crippen molar-refractivity contribution in [2.75, 3.05) is 0 Å². The normalized spacial score (nSPS) is 25.5. The molecule has 3 fully saturated rings. The zero-order valence-electron chi connectivity index (χ0n) is 15.3. The van der Waals surface area contributed by atoms with Crippen molar-refractivity contribution in [3.8, 4) is 0 Å². The summed E-state index contributed by atoms with van der Waals surface area (Å²) in [7, 11) is -0.965. The van der Waals surface area contributed by atoms with E-state index in [-0.39, 0.29) is 0 Å². The largest absolute Gasteiger partial charge is 0.242 e. The molecule has 0 saturated heterocycles. The van der Waals surface area contributed by atoms with Crippen LogP contribution in [0.2, 0.25) is 0 Å². The minimum atomic E-state index is -0.965. The van der Waals surface area contributed by atoms with Gasteiger partial charge in [-0.1, -0.05) is 25.1 Å². The minimum Gasteiger partial charge on any atom is -0.242 e. The molecule has 0 atom stereocenters. The van der Waals surface area contributed by atoms with E-state index in [0.717, 1.165) is 17.0 Å². The molecule has 0 aromatic rings. The zero-order chi connectivity index (χ0) is 17.3. The quantitative estimate of drug-likeness (QED) is 0.205. The predicted octanol–water partition coefficient (Wildman–Crippen LogP) is 8.19. The monoisotopic (exact) mass is 505 g/mol. The Hall–Kier alpha value is 1.18. The molecule has 3 heteroatoms. The molecule has 0 spiro atoms. The van der Waals surface area contributed by atoms with Gasteiger partial charge in [-0.25, -0.2) is 6.92 Å². The molecule has 0 bridgehead atoms. The van der Waals surface area contributed by atoms with E-state index in [0.29, 0.717) is 0 Å². The third kappa shape index (κ3) is 5.12. The second kappa shape index (κ2) is 11.8. The van der Waals surface area contributed by atoms with Crippen LogP contribution in [0.25, 0.3) is 0 Å². The van der Waals surface area contributed by atoms with E-state index in [2.05, 4.69) is 49.4 Å². The molecule has 0 aromatic carbocycles. The zero-order valence-corrected chi connectivity index (χ0v) is 19.4. The van der Waals surface area contributed by atoms with Gasteiger partial charge in [0.2, 0.25) is 0 Å². The maximum absolute atomic E-state index is 4.20. The summed E-state index contributed by atoms with van der Waals surface area (Å²) in [5.74, 6) is 2.76. The van der Waals surface area contributed by atoms with Crippen molar-refractivity contribution in [3.63, 3.8) is 0 Å². The van der Waals surface area contributed by atoms with Crippen LogP contribution in [0.5, 0.6) is 0 Å². The van der Waals surface area contributed by atoms with Crippen molar-refractivity contribution in [3.05, 3.63) is 18.8 Å².